The molecule has 0 fully saturated rings. The highest BCUT2D eigenvalue weighted by atomic mass is 19.4. The molecule has 3 aromatic rings. The number of nitrogens with one attached hydrogen (secondary N) is 2. The molecule has 1 aromatic heterocycles. The Kier molecular flexibility index (Phi) is 4.59. The fraction of sp³-hybridized carbons (Fsp3) is 0.0625. The molecule has 0 aliphatic heterocycles. The number of hydrogen-bond donors (Lipinski definition) is 3. The van der Waals surface area contributed by atoms with E-state index in [0.717, 1.165) is 12.1 Å². The molecule has 7 nitrogen and oxygen atoms in total. The van der Waals surface area contributed by atoms with Crippen LogP contribution in [0.3, 0.4) is 0 Å². The Bertz CT molecular complexity index is 923. The summed E-state index contributed by atoms with van der Waals surface area (Å²) in [5, 5.41) is 18.8. The summed E-state index contributed by atoms with van der Waals surface area (Å²) < 4.78 is 43.1. The van der Waals surface area contributed by atoms with Gasteiger partial charge in [0.15, 0.2) is 0 Å². The lowest BCUT2D eigenvalue weighted by molar-refractivity contribution is -0.137. The second-order valence-corrected chi connectivity index (χ2v) is 5.10. The predicted octanol–water partition coefficient (Wildman–Crippen LogP) is 3.62. The summed E-state index contributed by atoms with van der Waals surface area (Å²) in [6.07, 6.45) is -4.41. The maximum atomic E-state index is 12.6. The number of rotatable bonds is 4. The van der Waals surface area contributed by atoms with Gasteiger partial charge in [0.05, 0.1) is 16.8 Å². The first-order valence-corrected chi connectivity index (χ1v) is 7.20. The minimum atomic E-state index is -4.41. The summed E-state index contributed by atoms with van der Waals surface area (Å²) in [6, 6.07) is 11.2. The fourth-order valence-electron chi connectivity index (χ4n) is 2.15. The van der Waals surface area contributed by atoms with Gasteiger partial charge in [0.25, 0.3) is 0 Å². The Labute approximate surface area is 144 Å². The van der Waals surface area contributed by atoms with Crippen LogP contribution in [-0.2, 0) is 6.18 Å². The van der Waals surface area contributed by atoms with Crippen molar-refractivity contribution in [3.8, 4) is 11.5 Å². The summed E-state index contributed by atoms with van der Waals surface area (Å²) in [5.74, 6) is -1.40. The molecule has 0 atom stereocenters. The van der Waals surface area contributed by atoms with E-state index in [-0.39, 0.29) is 5.89 Å². The maximum Gasteiger partial charge on any atom is 0.416 e. The number of hydroxylamine groups is 1. The summed E-state index contributed by atoms with van der Waals surface area (Å²) in [6.45, 7) is 0. The minimum Gasteiger partial charge on any atom is -0.412 e. The molecule has 0 unspecified atom stereocenters. The number of anilines is 2. The quantitative estimate of drug-likeness (QED) is 0.483. The average Bonchev–Trinajstić information content (AvgIpc) is 3.11. The number of para-hydroxylation sites is 1. The van der Waals surface area contributed by atoms with Crippen molar-refractivity contribution in [2.45, 2.75) is 6.18 Å². The predicted molar refractivity (Wildman–Crippen MR) is 83.7 cm³/mol. The first kappa shape index (κ1) is 17.4. The lowest BCUT2D eigenvalue weighted by atomic mass is 10.1. The van der Waals surface area contributed by atoms with Crippen molar-refractivity contribution in [2.24, 2.45) is 0 Å². The summed E-state index contributed by atoms with van der Waals surface area (Å²) >= 11 is 0. The van der Waals surface area contributed by atoms with Crippen LogP contribution in [0.25, 0.3) is 11.5 Å². The van der Waals surface area contributed by atoms with E-state index in [1.165, 1.54) is 17.6 Å². The molecule has 134 valence electrons. The third-order valence-electron chi connectivity index (χ3n) is 3.37. The highest BCUT2D eigenvalue weighted by molar-refractivity contribution is 5.89. The lowest BCUT2D eigenvalue weighted by Gasteiger charge is -2.11. The smallest absolute Gasteiger partial charge is 0.412 e. The minimum absolute atomic E-state index is 0.00129. The van der Waals surface area contributed by atoms with Crippen LogP contribution < -0.4 is 10.8 Å². The van der Waals surface area contributed by atoms with Crippen LogP contribution in [0.1, 0.15) is 16.2 Å². The van der Waals surface area contributed by atoms with E-state index in [0.29, 0.717) is 16.9 Å². The van der Waals surface area contributed by atoms with Crippen LogP contribution in [0.15, 0.2) is 52.9 Å². The van der Waals surface area contributed by atoms with E-state index >= 15 is 0 Å². The van der Waals surface area contributed by atoms with E-state index in [4.69, 9.17) is 9.62 Å². The third-order valence-corrected chi connectivity index (χ3v) is 3.37. The molecular weight excluding hydrogens is 353 g/mol. The number of alkyl halides is 3. The van der Waals surface area contributed by atoms with Crippen LogP contribution in [0.2, 0.25) is 0 Å². The molecule has 3 N–H and O–H groups in total. The van der Waals surface area contributed by atoms with Crippen molar-refractivity contribution in [3.63, 3.8) is 0 Å². The summed E-state index contributed by atoms with van der Waals surface area (Å²) in [4.78, 5) is 11.3. The second-order valence-electron chi connectivity index (χ2n) is 5.10. The van der Waals surface area contributed by atoms with E-state index in [9.17, 15) is 18.0 Å². The number of halogens is 3. The van der Waals surface area contributed by atoms with Crippen molar-refractivity contribution >= 4 is 17.3 Å². The standard InChI is InChI=1S/C16H11F3N4O3/c17-16(18,19)9-5-7-10(8-6-9)20-12-4-2-1-3-11(12)14-21-22-15(26-14)13(24)23-25/h1-8,20,25H,(H,23,24). The van der Waals surface area contributed by atoms with Crippen LogP contribution >= 0.6 is 0 Å². The molecular formula is C16H11F3N4O3. The van der Waals surface area contributed by atoms with Crippen molar-refractivity contribution in [1.29, 1.82) is 0 Å². The molecule has 3 rings (SSSR count). The molecule has 0 spiro atoms. The Hall–Kier alpha value is -3.40. The zero-order valence-electron chi connectivity index (χ0n) is 12.9. The molecule has 0 aliphatic carbocycles. The zero-order valence-corrected chi connectivity index (χ0v) is 12.9. The number of nitrogens with zero attached hydrogens (tertiary/aromatic N) is 2. The number of carbonyl (C=O) groups excluding carboxylic acids is 1. The first-order valence-electron chi connectivity index (χ1n) is 7.20. The summed E-state index contributed by atoms with van der Waals surface area (Å²) in [5.41, 5.74) is 1.94. The van der Waals surface area contributed by atoms with E-state index < -0.39 is 23.5 Å². The number of hydrogen-bond acceptors (Lipinski definition) is 6. The highest BCUT2D eigenvalue weighted by Gasteiger charge is 2.30. The Morgan fingerprint density at radius 2 is 1.73 bits per heavy atom. The van der Waals surface area contributed by atoms with E-state index in [1.54, 1.807) is 24.3 Å². The third kappa shape index (κ3) is 3.64. The van der Waals surface area contributed by atoms with Gasteiger partial charge < -0.3 is 9.73 Å². The molecule has 0 bridgehead atoms. The SMILES string of the molecule is O=C(NO)c1nnc(-c2ccccc2Nc2ccc(C(F)(F)F)cc2)o1. The molecule has 0 saturated heterocycles. The van der Waals surface area contributed by atoms with Gasteiger partial charge in [-0.25, -0.2) is 5.48 Å². The monoisotopic (exact) mass is 364 g/mol. The molecule has 1 heterocycles. The Balaban J connectivity index is 1.88. The van der Waals surface area contributed by atoms with Crippen LogP contribution in [-0.4, -0.2) is 21.3 Å². The molecule has 0 saturated carbocycles. The van der Waals surface area contributed by atoms with Gasteiger partial charge in [0.1, 0.15) is 0 Å². The largest absolute Gasteiger partial charge is 0.416 e. The normalized spacial score (nSPS) is 11.2. The van der Waals surface area contributed by atoms with Crippen molar-refractivity contribution in [2.75, 3.05) is 5.32 Å². The number of amides is 1. The zero-order chi connectivity index (χ0) is 18.7. The first-order chi connectivity index (χ1) is 12.4. The molecule has 10 heteroatoms. The number of carbonyl (C=O) groups is 1. The van der Waals surface area contributed by atoms with Gasteiger partial charge in [-0.05, 0) is 36.4 Å². The molecule has 2 aromatic carbocycles. The van der Waals surface area contributed by atoms with Gasteiger partial charge in [-0.15, -0.1) is 10.2 Å². The van der Waals surface area contributed by atoms with Gasteiger partial charge in [0, 0.05) is 5.69 Å². The van der Waals surface area contributed by atoms with Crippen molar-refractivity contribution < 1.29 is 27.6 Å². The van der Waals surface area contributed by atoms with Gasteiger partial charge in [-0.3, -0.25) is 10.0 Å². The van der Waals surface area contributed by atoms with Crippen LogP contribution in [0, 0.1) is 0 Å². The second kappa shape index (κ2) is 6.84. The van der Waals surface area contributed by atoms with Gasteiger partial charge >= 0.3 is 18.0 Å². The fourth-order valence-corrected chi connectivity index (χ4v) is 2.15. The van der Waals surface area contributed by atoms with E-state index in [1.807, 2.05) is 0 Å². The Morgan fingerprint density at radius 3 is 2.38 bits per heavy atom. The lowest BCUT2D eigenvalue weighted by Crippen LogP contribution is -2.18. The molecule has 26 heavy (non-hydrogen) atoms. The van der Waals surface area contributed by atoms with E-state index in [2.05, 4.69) is 15.5 Å². The maximum absolute atomic E-state index is 12.6. The average molecular weight is 364 g/mol. The van der Waals surface area contributed by atoms with Crippen molar-refractivity contribution in [1.82, 2.24) is 15.7 Å². The van der Waals surface area contributed by atoms with Gasteiger partial charge in [-0.2, -0.15) is 13.2 Å². The van der Waals surface area contributed by atoms with Gasteiger partial charge in [-0.1, -0.05) is 12.1 Å². The van der Waals surface area contributed by atoms with Gasteiger partial charge in [0.2, 0.25) is 5.89 Å². The highest BCUT2D eigenvalue weighted by Crippen LogP contribution is 2.32. The number of benzene rings is 2. The Morgan fingerprint density at radius 1 is 1.04 bits per heavy atom. The molecule has 0 aliphatic rings. The number of aromatic nitrogens is 2. The molecule has 1 amide bonds. The molecule has 0 radical (unpaired) electrons. The van der Waals surface area contributed by atoms with Crippen LogP contribution in [0.4, 0.5) is 24.5 Å². The topological polar surface area (TPSA) is 100 Å². The van der Waals surface area contributed by atoms with Crippen LogP contribution in [0.5, 0.6) is 0 Å². The summed E-state index contributed by atoms with van der Waals surface area (Å²) in [7, 11) is 0. The van der Waals surface area contributed by atoms with Crippen molar-refractivity contribution in [3.05, 3.63) is 60.0 Å².